The van der Waals surface area contributed by atoms with E-state index >= 15 is 0 Å². The Bertz CT molecular complexity index is 811. The molecule has 2 saturated carbocycles. The zero-order valence-corrected chi connectivity index (χ0v) is 14.0. The van der Waals surface area contributed by atoms with E-state index in [1.165, 1.54) is 0 Å². The molecular weight excluding hydrogens is 318 g/mol. The summed E-state index contributed by atoms with van der Waals surface area (Å²) in [4.78, 5) is 24.2. The number of benzene rings is 1. The van der Waals surface area contributed by atoms with Gasteiger partial charge >= 0.3 is 6.03 Å². The lowest BCUT2D eigenvalue weighted by molar-refractivity contribution is -0.117. The summed E-state index contributed by atoms with van der Waals surface area (Å²) in [5.41, 5.74) is 2.46. The largest absolute Gasteiger partial charge is 0.335 e. The van der Waals surface area contributed by atoms with Crippen LogP contribution in [0.5, 0.6) is 0 Å². The standard InChI is InChI=1S/C18H21N5O2/c1-23-10-11(9-19-23)15-8-16(15)17(24)20-13-3-2-4-14(7-13)22-18(25)21-12-5-6-12/h2-4,7,9-10,12,15-16H,5-6,8H2,1H3,(H,20,24)(H2,21,22,25)/t15-,16+/m1/s1. The quantitative estimate of drug-likeness (QED) is 0.782. The first kappa shape index (κ1) is 15.7. The average molecular weight is 339 g/mol. The summed E-state index contributed by atoms with van der Waals surface area (Å²) in [6.07, 6.45) is 6.72. The van der Waals surface area contributed by atoms with Gasteiger partial charge in [0.15, 0.2) is 0 Å². The minimum atomic E-state index is -0.204. The Morgan fingerprint density at radius 1 is 1.20 bits per heavy atom. The van der Waals surface area contributed by atoms with Gasteiger partial charge in [0.25, 0.3) is 0 Å². The number of carbonyl (C=O) groups is 2. The van der Waals surface area contributed by atoms with E-state index in [4.69, 9.17) is 0 Å². The Balaban J connectivity index is 1.33. The molecule has 0 aliphatic heterocycles. The van der Waals surface area contributed by atoms with Crippen molar-refractivity contribution in [1.29, 1.82) is 0 Å². The third kappa shape index (κ3) is 3.81. The average Bonchev–Trinajstić information content (AvgIpc) is 3.48. The van der Waals surface area contributed by atoms with Crippen LogP contribution in [0.3, 0.4) is 0 Å². The lowest BCUT2D eigenvalue weighted by atomic mass is 10.2. The summed E-state index contributed by atoms with van der Waals surface area (Å²) < 4.78 is 1.75. The Morgan fingerprint density at radius 3 is 2.64 bits per heavy atom. The highest BCUT2D eigenvalue weighted by Crippen LogP contribution is 2.47. The maximum Gasteiger partial charge on any atom is 0.319 e. The minimum Gasteiger partial charge on any atom is -0.335 e. The molecule has 130 valence electrons. The number of urea groups is 1. The van der Waals surface area contributed by atoms with E-state index in [2.05, 4.69) is 21.0 Å². The Labute approximate surface area is 145 Å². The van der Waals surface area contributed by atoms with E-state index in [0.717, 1.165) is 24.8 Å². The molecule has 3 amide bonds. The molecule has 2 aromatic rings. The van der Waals surface area contributed by atoms with E-state index in [1.807, 2.05) is 31.6 Å². The fourth-order valence-corrected chi connectivity index (χ4v) is 2.97. The van der Waals surface area contributed by atoms with Gasteiger partial charge in [-0.2, -0.15) is 5.10 Å². The molecule has 0 spiro atoms. The molecule has 7 heteroatoms. The monoisotopic (exact) mass is 339 g/mol. The van der Waals surface area contributed by atoms with Gasteiger partial charge in [0.1, 0.15) is 0 Å². The molecule has 0 radical (unpaired) electrons. The van der Waals surface area contributed by atoms with Gasteiger partial charge in [0.2, 0.25) is 5.91 Å². The first-order chi connectivity index (χ1) is 12.1. The van der Waals surface area contributed by atoms with Crippen molar-refractivity contribution >= 4 is 23.3 Å². The smallest absolute Gasteiger partial charge is 0.319 e. The Hall–Kier alpha value is -2.83. The van der Waals surface area contributed by atoms with Crippen LogP contribution in [0.15, 0.2) is 36.7 Å². The van der Waals surface area contributed by atoms with E-state index in [1.54, 1.807) is 16.8 Å². The first-order valence-corrected chi connectivity index (χ1v) is 8.55. The second-order valence-corrected chi connectivity index (χ2v) is 6.84. The fraction of sp³-hybridized carbons (Fsp3) is 0.389. The molecule has 2 aliphatic carbocycles. The lowest BCUT2D eigenvalue weighted by Gasteiger charge is -2.09. The molecule has 1 aromatic carbocycles. The third-order valence-electron chi connectivity index (χ3n) is 4.58. The van der Waals surface area contributed by atoms with Gasteiger partial charge in [-0.1, -0.05) is 6.07 Å². The lowest BCUT2D eigenvalue weighted by Crippen LogP contribution is -2.30. The number of hydrogen-bond donors (Lipinski definition) is 3. The molecule has 3 N–H and O–H groups in total. The molecule has 4 rings (SSSR count). The van der Waals surface area contributed by atoms with Crippen LogP contribution in [0.25, 0.3) is 0 Å². The number of anilines is 2. The summed E-state index contributed by atoms with van der Waals surface area (Å²) in [6, 6.07) is 7.31. The highest BCUT2D eigenvalue weighted by atomic mass is 16.2. The highest BCUT2D eigenvalue weighted by Gasteiger charge is 2.44. The molecule has 0 bridgehead atoms. The third-order valence-corrected chi connectivity index (χ3v) is 4.58. The van der Waals surface area contributed by atoms with Crippen molar-refractivity contribution in [3.63, 3.8) is 0 Å². The Morgan fingerprint density at radius 2 is 1.96 bits per heavy atom. The zero-order chi connectivity index (χ0) is 17.4. The summed E-state index contributed by atoms with van der Waals surface area (Å²) in [7, 11) is 1.87. The van der Waals surface area contributed by atoms with Gasteiger partial charge < -0.3 is 16.0 Å². The molecular formula is C18H21N5O2. The van der Waals surface area contributed by atoms with Crippen molar-refractivity contribution in [3.8, 4) is 0 Å². The van der Waals surface area contributed by atoms with Crippen molar-refractivity contribution in [3.05, 3.63) is 42.2 Å². The van der Waals surface area contributed by atoms with Crippen molar-refractivity contribution in [1.82, 2.24) is 15.1 Å². The minimum absolute atomic E-state index is 0.00781. The molecule has 2 fully saturated rings. The predicted octanol–water partition coefficient (Wildman–Crippen LogP) is 2.45. The second kappa shape index (κ2) is 6.23. The van der Waals surface area contributed by atoms with Gasteiger partial charge in [-0.25, -0.2) is 4.79 Å². The van der Waals surface area contributed by atoms with Gasteiger partial charge in [0.05, 0.1) is 6.20 Å². The number of carbonyl (C=O) groups excluding carboxylic acids is 2. The van der Waals surface area contributed by atoms with E-state index in [0.29, 0.717) is 17.4 Å². The van der Waals surface area contributed by atoms with Crippen molar-refractivity contribution in [2.24, 2.45) is 13.0 Å². The number of aromatic nitrogens is 2. The molecule has 25 heavy (non-hydrogen) atoms. The van der Waals surface area contributed by atoms with Crippen LogP contribution in [0.4, 0.5) is 16.2 Å². The SMILES string of the molecule is Cn1cc([C@H]2C[C@@H]2C(=O)Nc2cccc(NC(=O)NC3CC3)c2)cn1. The van der Waals surface area contributed by atoms with Crippen molar-refractivity contribution in [2.75, 3.05) is 10.6 Å². The topological polar surface area (TPSA) is 88.0 Å². The van der Waals surface area contributed by atoms with Crippen LogP contribution in [-0.4, -0.2) is 27.8 Å². The van der Waals surface area contributed by atoms with Gasteiger partial charge in [0, 0.05) is 36.6 Å². The molecule has 2 atom stereocenters. The Kier molecular flexibility index (Phi) is 3.91. The number of nitrogens with one attached hydrogen (secondary N) is 3. The van der Waals surface area contributed by atoms with E-state index in [-0.39, 0.29) is 23.8 Å². The number of rotatable bonds is 5. The summed E-state index contributed by atoms with van der Waals surface area (Å²) in [5, 5.41) is 12.8. The number of nitrogens with zero attached hydrogens (tertiary/aromatic N) is 2. The zero-order valence-electron chi connectivity index (χ0n) is 14.0. The summed E-state index contributed by atoms with van der Waals surface area (Å²) in [6.45, 7) is 0. The molecule has 7 nitrogen and oxygen atoms in total. The molecule has 2 aliphatic rings. The number of hydrogen-bond acceptors (Lipinski definition) is 3. The van der Waals surface area contributed by atoms with Crippen LogP contribution < -0.4 is 16.0 Å². The number of aryl methyl sites for hydroxylation is 1. The maximum atomic E-state index is 12.4. The van der Waals surface area contributed by atoms with Gasteiger partial charge in [-0.15, -0.1) is 0 Å². The van der Waals surface area contributed by atoms with Gasteiger partial charge in [-0.3, -0.25) is 9.48 Å². The molecule has 1 aromatic heterocycles. The summed E-state index contributed by atoms with van der Waals surface area (Å²) in [5.74, 6) is 0.242. The van der Waals surface area contributed by atoms with Crippen molar-refractivity contribution < 1.29 is 9.59 Å². The van der Waals surface area contributed by atoms with Crippen LogP contribution in [0, 0.1) is 5.92 Å². The molecule has 0 saturated heterocycles. The predicted molar refractivity (Wildman–Crippen MR) is 94.3 cm³/mol. The fourth-order valence-electron chi connectivity index (χ4n) is 2.97. The van der Waals surface area contributed by atoms with E-state index < -0.39 is 0 Å². The highest BCUT2D eigenvalue weighted by molar-refractivity contribution is 5.96. The maximum absolute atomic E-state index is 12.4. The van der Waals surface area contributed by atoms with Crippen LogP contribution in [-0.2, 0) is 11.8 Å². The number of amides is 3. The molecule has 0 unspecified atom stereocenters. The molecule has 1 heterocycles. The van der Waals surface area contributed by atoms with Gasteiger partial charge in [-0.05, 0) is 48.9 Å². The van der Waals surface area contributed by atoms with Crippen LogP contribution in [0.1, 0.15) is 30.7 Å². The second-order valence-electron chi connectivity index (χ2n) is 6.84. The summed E-state index contributed by atoms with van der Waals surface area (Å²) >= 11 is 0. The van der Waals surface area contributed by atoms with Crippen molar-refractivity contribution in [2.45, 2.75) is 31.2 Å². The van der Waals surface area contributed by atoms with Crippen LogP contribution in [0.2, 0.25) is 0 Å². The first-order valence-electron chi connectivity index (χ1n) is 8.55. The normalized spacial score (nSPS) is 21.5. The van der Waals surface area contributed by atoms with Crippen LogP contribution >= 0.6 is 0 Å². The van der Waals surface area contributed by atoms with E-state index in [9.17, 15) is 9.59 Å².